The van der Waals surface area contributed by atoms with E-state index in [9.17, 15) is 9.59 Å². The molecule has 0 fully saturated rings. The number of H-pyrrole nitrogens is 1. The lowest BCUT2D eigenvalue weighted by Crippen LogP contribution is -2.32. The van der Waals surface area contributed by atoms with Crippen molar-refractivity contribution in [3.05, 3.63) is 69.3 Å². The molecule has 0 spiro atoms. The number of rotatable bonds is 2. The van der Waals surface area contributed by atoms with Gasteiger partial charge in [0.2, 0.25) is 0 Å². The maximum absolute atomic E-state index is 12.1. The van der Waals surface area contributed by atoms with Crippen LogP contribution in [-0.4, -0.2) is 15.9 Å². The van der Waals surface area contributed by atoms with Gasteiger partial charge in [0.15, 0.2) is 0 Å². The highest BCUT2D eigenvalue weighted by molar-refractivity contribution is 5.78. The summed E-state index contributed by atoms with van der Waals surface area (Å²) in [7, 11) is 0. The van der Waals surface area contributed by atoms with Crippen LogP contribution >= 0.6 is 0 Å². The normalized spacial score (nSPS) is 11.4. The van der Waals surface area contributed by atoms with Gasteiger partial charge >= 0.3 is 5.69 Å². The molecule has 6 heteroatoms. The largest absolute Gasteiger partial charge is 0.463 e. The molecule has 2 heterocycles. The quantitative estimate of drug-likeness (QED) is 0.698. The Morgan fingerprint density at radius 3 is 2.79 bits per heavy atom. The molecule has 0 bridgehead atoms. The van der Waals surface area contributed by atoms with E-state index in [1.165, 1.54) is 12.5 Å². The van der Waals surface area contributed by atoms with E-state index in [1.807, 2.05) is 0 Å². The van der Waals surface area contributed by atoms with Crippen molar-refractivity contribution in [1.29, 1.82) is 0 Å². The highest BCUT2D eigenvalue weighted by Crippen LogP contribution is 2.02. The van der Waals surface area contributed by atoms with E-state index in [0.29, 0.717) is 16.7 Å². The lowest BCUT2D eigenvalue weighted by molar-refractivity contribution is 0.559. The summed E-state index contributed by atoms with van der Waals surface area (Å²) in [6, 6.07) is 10.1. The van der Waals surface area contributed by atoms with Crippen LogP contribution in [0.25, 0.3) is 10.9 Å². The van der Waals surface area contributed by atoms with Crippen LogP contribution in [0.2, 0.25) is 0 Å². The summed E-state index contributed by atoms with van der Waals surface area (Å²) in [6.07, 6.45) is 2.79. The Balaban J connectivity index is 2.19. The van der Waals surface area contributed by atoms with Gasteiger partial charge in [-0.05, 0) is 24.3 Å². The molecular formula is C13H9N3O3. The summed E-state index contributed by atoms with van der Waals surface area (Å²) < 4.78 is 5.81. The number of aromatic nitrogens is 2. The Morgan fingerprint density at radius 1 is 1.16 bits per heavy atom. The number of fused-ring (bicyclic) bond motifs is 1. The van der Waals surface area contributed by atoms with Gasteiger partial charge in [0.05, 0.1) is 23.4 Å². The minimum absolute atomic E-state index is 0.402. The molecule has 1 N–H and O–H groups in total. The first-order chi connectivity index (χ1) is 9.25. The maximum Gasteiger partial charge on any atom is 0.349 e. The minimum Gasteiger partial charge on any atom is -0.463 e. The number of benzene rings is 1. The second-order valence-corrected chi connectivity index (χ2v) is 3.85. The van der Waals surface area contributed by atoms with Crippen molar-refractivity contribution in [3.8, 4) is 0 Å². The second-order valence-electron chi connectivity index (χ2n) is 3.85. The molecule has 94 valence electrons. The Labute approximate surface area is 106 Å². The summed E-state index contributed by atoms with van der Waals surface area (Å²) >= 11 is 0. The molecule has 0 saturated carbocycles. The molecule has 2 aromatic heterocycles. The topological polar surface area (TPSA) is 80.4 Å². The molecule has 0 aliphatic rings. The first-order valence-corrected chi connectivity index (χ1v) is 5.57. The summed E-state index contributed by atoms with van der Waals surface area (Å²) in [4.78, 5) is 26.5. The fraction of sp³-hybridized carbons (Fsp3) is 0. The first kappa shape index (κ1) is 11.2. The van der Waals surface area contributed by atoms with E-state index in [-0.39, 0.29) is 0 Å². The fourth-order valence-electron chi connectivity index (χ4n) is 1.74. The first-order valence-electron chi connectivity index (χ1n) is 5.57. The van der Waals surface area contributed by atoms with Crippen LogP contribution < -0.4 is 11.2 Å². The van der Waals surface area contributed by atoms with Crippen molar-refractivity contribution in [2.24, 2.45) is 5.10 Å². The van der Waals surface area contributed by atoms with Crippen LogP contribution in [0, 0.1) is 0 Å². The van der Waals surface area contributed by atoms with E-state index in [0.717, 1.165) is 4.68 Å². The van der Waals surface area contributed by atoms with Gasteiger partial charge in [-0.15, -0.1) is 4.68 Å². The number of hydrogen-bond acceptors (Lipinski definition) is 4. The lowest BCUT2D eigenvalue weighted by Gasteiger charge is -1.99. The molecule has 3 rings (SSSR count). The maximum atomic E-state index is 12.1. The Bertz CT molecular complexity index is 857. The molecule has 3 aromatic rings. The molecule has 0 amide bonds. The molecule has 19 heavy (non-hydrogen) atoms. The number of para-hydroxylation sites is 1. The van der Waals surface area contributed by atoms with Crippen molar-refractivity contribution in [1.82, 2.24) is 9.66 Å². The van der Waals surface area contributed by atoms with Crippen molar-refractivity contribution >= 4 is 17.1 Å². The van der Waals surface area contributed by atoms with Crippen LogP contribution in [0.5, 0.6) is 0 Å². The SMILES string of the molecule is O=c1[nH]c2ccccc2c(=O)n1N=Cc1ccco1. The number of furan rings is 1. The Kier molecular flexibility index (Phi) is 2.60. The molecule has 0 unspecified atom stereocenters. The molecule has 6 nitrogen and oxygen atoms in total. The second kappa shape index (κ2) is 4.41. The molecule has 1 aromatic carbocycles. The third-order valence-corrected chi connectivity index (χ3v) is 2.63. The minimum atomic E-state index is -0.591. The van der Waals surface area contributed by atoms with Gasteiger partial charge in [0.1, 0.15) is 5.76 Å². The van der Waals surface area contributed by atoms with E-state index >= 15 is 0 Å². The van der Waals surface area contributed by atoms with Crippen LogP contribution in [0.15, 0.2) is 61.8 Å². The number of nitrogens with zero attached hydrogens (tertiary/aromatic N) is 2. The van der Waals surface area contributed by atoms with Crippen molar-refractivity contribution < 1.29 is 4.42 Å². The highest BCUT2D eigenvalue weighted by atomic mass is 16.3. The number of nitrogens with one attached hydrogen (secondary N) is 1. The van der Waals surface area contributed by atoms with Gasteiger partial charge in [0.25, 0.3) is 5.56 Å². The van der Waals surface area contributed by atoms with Crippen molar-refractivity contribution in [2.75, 3.05) is 0 Å². The van der Waals surface area contributed by atoms with Crippen molar-refractivity contribution in [3.63, 3.8) is 0 Å². The van der Waals surface area contributed by atoms with Crippen LogP contribution in [-0.2, 0) is 0 Å². The number of hydrogen-bond donors (Lipinski definition) is 1. The average Bonchev–Trinajstić information content (AvgIpc) is 2.92. The summed E-state index contributed by atoms with van der Waals surface area (Å²) in [5.74, 6) is 0.458. The van der Waals surface area contributed by atoms with Gasteiger partial charge < -0.3 is 9.40 Å². The van der Waals surface area contributed by atoms with Crippen LogP contribution in [0.3, 0.4) is 0 Å². The van der Waals surface area contributed by atoms with Gasteiger partial charge in [-0.1, -0.05) is 12.1 Å². The van der Waals surface area contributed by atoms with Gasteiger partial charge in [-0.25, -0.2) is 4.79 Å². The zero-order valence-corrected chi connectivity index (χ0v) is 9.74. The standard InChI is InChI=1S/C13H9N3O3/c17-12-10-5-1-2-6-11(10)15-13(18)16(12)14-8-9-4-3-7-19-9/h1-8H,(H,15,18). The molecular weight excluding hydrogens is 246 g/mol. The van der Waals surface area contributed by atoms with Crippen molar-refractivity contribution in [2.45, 2.75) is 0 Å². The Morgan fingerprint density at radius 2 is 2.00 bits per heavy atom. The van der Waals surface area contributed by atoms with Crippen LogP contribution in [0.1, 0.15) is 5.76 Å². The van der Waals surface area contributed by atoms with Gasteiger partial charge in [0, 0.05) is 0 Å². The van der Waals surface area contributed by atoms with E-state index in [2.05, 4.69) is 10.1 Å². The average molecular weight is 255 g/mol. The zero-order chi connectivity index (χ0) is 13.2. The zero-order valence-electron chi connectivity index (χ0n) is 9.74. The molecule has 0 saturated heterocycles. The van der Waals surface area contributed by atoms with Crippen LogP contribution in [0.4, 0.5) is 0 Å². The van der Waals surface area contributed by atoms with Gasteiger partial charge in [-0.2, -0.15) is 5.10 Å². The number of aromatic amines is 1. The monoisotopic (exact) mass is 255 g/mol. The fourth-order valence-corrected chi connectivity index (χ4v) is 1.74. The summed E-state index contributed by atoms with van der Waals surface area (Å²) in [5, 5.41) is 4.24. The third-order valence-electron chi connectivity index (χ3n) is 2.63. The summed E-state index contributed by atoms with van der Waals surface area (Å²) in [5.41, 5.74) is -0.574. The molecule has 0 aliphatic heterocycles. The van der Waals surface area contributed by atoms with E-state index in [1.54, 1.807) is 36.4 Å². The lowest BCUT2D eigenvalue weighted by atomic mass is 10.2. The van der Waals surface area contributed by atoms with E-state index < -0.39 is 11.2 Å². The Hall–Kier alpha value is -2.89. The third kappa shape index (κ3) is 1.99. The van der Waals surface area contributed by atoms with E-state index in [4.69, 9.17) is 4.42 Å². The molecule has 0 aliphatic carbocycles. The highest BCUT2D eigenvalue weighted by Gasteiger charge is 2.05. The predicted molar refractivity (Wildman–Crippen MR) is 70.5 cm³/mol. The smallest absolute Gasteiger partial charge is 0.349 e. The summed E-state index contributed by atoms with van der Waals surface area (Å²) in [6.45, 7) is 0. The predicted octanol–water partition coefficient (Wildman–Crippen LogP) is 1.17. The van der Waals surface area contributed by atoms with Gasteiger partial charge in [-0.3, -0.25) is 4.79 Å². The molecule has 0 radical (unpaired) electrons. The molecule has 0 atom stereocenters.